The van der Waals surface area contributed by atoms with Gasteiger partial charge in [-0.05, 0) is 17.5 Å². The highest BCUT2D eigenvalue weighted by Gasteiger charge is 2.24. The van der Waals surface area contributed by atoms with Gasteiger partial charge in [0.1, 0.15) is 5.84 Å². The van der Waals surface area contributed by atoms with Gasteiger partial charge in [-0.2, -0.15) is 0 Å². The second kappa shape index (κ2) is 5.50. The molecule has 6 heteroatoms. The number of amidine groups is 1. The van der Waals surface area contributed by atoms with Crippen LogP contribution in [-0.4, -0.2) is 23.5 Å². The van der Waals surface area contributed by atoms with E-state index in [-0.39, 0.29) is 11.7 Å². The monoisotopic (exact) mass is 291 g/mol. The summed E-state index contributed by atoms with van der Waals surface area (Å²) in [5.74, 6) is -0.0563. The second-order valence-electron chi connectivity index (χ2n) is 5.20. The standard InChI is InChI=1S/C14H17N3O2S/c1-14(2,13(15)17-19)8-16-12(18)11-7-9-5-3-4-6-10(9)20-11/h3-7,19H,8H2,1-2H3,(H2,15,17)(H,16,18). The fourth-order valence-electron chi connectivity index (χ4n) is 1.71. The zero-order chi connectivity index (χ0) is 14.8. The molecule has 0 aliphatic heterocycles. The first-order valence-electron chi connectivity index (χ1n) is 6.19. The Morgan fingerprint density at radius 2 is 2.15 bits per heavy atom. The molecular formula is C14H17N3O2S. The average Bonchev–Trinajstić information content (AvgIpc) is 2.87. The third-order valence-electron chi connectivity index (χ3n) is 3.14. The summed E-state index contributed by atoms with van der Waals surface area (Å²) in [6.07, 6.45) is 0. The predicted molar refractivity (Wildman–Crippen MR) is 81.3 cm³/mol. The molecule has 20 heavy (non-hydrogen) atoms. The molecule has 0 atom stereocenters. The van der Waals surface area contributed by atoms with Crippen LogP contribution in [0.15, 0.2) is 35.5 Å². The SMILES string of the molecule is CC(C)(CNC(=O)c1cc2ccccc2s1)/C(N)=N/O. The van der Waals surface area contributed by atoms with E-state index in [1.165, 1.54) is 11.3 Å². The van der Waals surface area contributed by atoms with E-state index >= 15 is 0 Å². The lowest BCUT2D eigenvalue weighted by molar-refractivity contribution is 0.0948. The Hall–Kier alpha value is -2.08. The Morgan fingerprint density at radius 3 is 2.80 bits per heavy atom. The van der Waals surface area contributed by atoms with Crippen LogP contribution in [0.1, 0.15) is 23.5 Å². The Kier molecular flexibility index (Phi) is 3.94. The number of carbonyl (C=O) groups excluding carboxylic acids is 1. The molecule has 0 fully saturated rings. The Morgan fingerprint density at radius 1 is 1.45 bits per heavy atom. The van der Waals surface area contributed by atoms with Crippen molar-refractivity contribution in [2.45, 2.75) is 13.8 Å². The van der Waals surface area contributed by atoms with Crippen molar-refractivity contribution in [1.29, 1.82) is 0 Å². The molecule has 0 saturated carbocycles. The van der Waals surface area contributed by atoms with E-state index < -0.39 is 5.41 Å². The van der Waals surface area contributed by atoms with Gasteiger partial charge in [-0.3, -0.25) is 4.79 Å². The van der Waals surface area contributed by atoms with Gasteiger partial charge >= 0.3 is 0 Å². The summed E-state index contributed by atoms with van der Waals surface area (Å²) < 4.78 is 1.08. The third kappa shape index (κ3) is 2.91. The van der Waals surface area contributed by atoms with Crippen LogP contribution in [-0.2, 0) is 0 Å². The highest BCUT2D eigenvalue weighted by atomic mass is 32.1. The molecule has 4 N–H and O–H groups in total. The first-order valence-corrected chi connectivity index (χ1v) is 7.00. The molecule has 0 unspecified atom stereocenters. The molecule has 1 aromatic carbocycles. The molecule has 0 saturated heterocycles. The summed E-state index contributed by atoms with van der Waals surface area (Å²) in [5.41, 5.74) is 4.99. The number of hydrogen-bond donors (Lipinski definition) is 3. The number of rotatable bonds is 4. The van der Waals surface area contributed by atoms with Gasteiger partial charge in [0.05, 0.1) is 4.88 Å². The molecule has 2 aromatic rings. The van der Waals surface area contributed by atoms with E-state index in [2.05, 4.69) is 10.5 Å². The second-order valence-corrected chi connectivity index (χ2v) is 6.28. The predicted octanol–water partition coefficient (Wildman–Crippen LogP) is 2.40. The van der Waals surface area contributed by atoms with Gasteiger partial charge in [0.2, 0.25) is 0 Å². The molecule has 0 radical (unpaired) electrons. The van der Waals surface area contributed by atoms with E-state index in [0.29, 0.717) is 11.4 Å². The van der Waals surface area contributed by atoms with Crippen molar-refractivity contribution < 1.29 is 10.0 Å². The van der Waals surface area contributed by atoms with Gasteiger partial charge in [0.15, 0.2) is 0 Å². The van der Waals surface area contributed by atoms with E-state index in [9.17, 15) is 4.79 Å². The maximum atomic E-state index is 12.1. The molecule has 0 bridgehead atoms. The van der Waals surface area contributed by atoms with Crippen LogP contribution in [0.2, 0.25) is 0 Å². The first kappa shape index (κ1) is 14.3. The summed E-state index contributed by atoms with van der Waals surface area (Å²) in [5, 5.41) is 15.6. The minimum atomic E-state index is -0.596. The maximum absolute atomic E-state index is 12.1. The first-order chi connectivity index (χ1) is 9.44. The smallest absolute Gasteiger partial charge is 0.261 e. The van der Waals surface area contributed by atoms with Crippen molar-refractivity contribution >= 4 is 33.2 Å². The van der Waals surface area contributed by atoms with Crippen LogP contribution >= 0.6 is 11.3 Å². The van der Waals surface area contributed by atoms with Gasteiger partial charge < -0.3 is 16.3 Å². The van der Waals surface area contributed by atoms with Crippen molar-refractivity contribution in [3.05, 3.63) is 35.2 Å². The van der Waals surface area contributed by atoms with E-state index in [1.807, 2.05) is 30.3 Å². The van der Waals surface area contributed by atoms with Crippen molar-refractivity contribution in [3.63, 3.8) is 0 Å². The molecule has 1 heterocycles. The van der Waals surface area contributed by atoms with Crippen LogP contribution in [0.4, 0.5) is 0 Å². The van der Waals surface area contributed by atoms with Crippen molar-refractivity contribution in [3.8, 4) is 0 Å². The largest absolute Gasteiger partial charge is 0.409 e. The molecule has 0 aliphatic rings. The normalized spacial score (nSPS) is 12.6. The maximum Gasteiger partial charge on any atom is 0.261 e. The molecule has 106 valence electrons. The number of nitrogens with zero attached hydrogens (tertiary/aromatic N) is 1. The number of nitrogens with two attached hydrogens (primary N) is 1. The van der Waals surface area contributed by atoms with Crippen LogP contribution < -0.4 is 11.1 Å². The number of fused-ring (bicyclic) bond motifs is 1. The van der Waals surface area contributed by atoms with Crippen molar-refractivity contribution in [2.75, 3.05) is 6.54 Å². The number of carbonyl (C=O) groups is 1. The molecule has 2 rings (SSSR count). The minimum Gasteiger partial charge on any atom is -0.409 e. The van der Waals surface area contributed by atoms with Crippen molar-refractivity contribution in [2.24, 2.45) is 16.3 Å². The average molecular weight is 291 g/mol. The Bertz CT molecular complexity index is 628. The molecule has 0 spiro atoms. The zero-order valence-electron chi connectivity index (χ0n) is 11.4. The summed E-state index contributed by atoms with van der Waals surface area (Å²) >= 11 is 1.45. The van der Waals surface area contributed by atoms with Crippen LogP contribution in [0.5, 0.6) is 0 Å². The number of nitrogens with one attached hydrogen (secondary N) is 1. The minimum absolute atomic E-state index is 0.0918. The van der Waals surface area contributed by atoms with E-state index in [4.69, 9.17) is 10.9 Å². The number of thiophene rings is 1. The molecule has 5 nitrogen and oxygen atoms in total. The molecule has 0 aliphatic carbocycles. The fourth-order valence-corrected chi connectivity index (χ4v) is 2.69. The number of oxime groups is 1. The number of amides is 1. The third-order valence-corrected chi connectivity index (χ3v) is 4.26. The Labute approximate surface area is 121 Å². The van der Waals surface area contributed by atoms with Gasteiger partial charge in [-0.15, -0.1) is 11.3 Å². The number of benzene rings is 1. The van der Waals surface area contributed by atoms with Gasteiger partial charge in [0, 0.05) is 16.7 Å². The summed E-state index contributed by atoms with van der Waals surface area (Å²) in [6.45, 7) is 3.90. The fraction of sp³-hybridized carbons (Fsp3) is 0.286. The Balaban J connectivity index is 2.09. The van der Waals surface area contributed by atoms with Gasteiger partial charge in [-0.25, -0.2) is 0 Å². The highest BCUT2D eigenvalue weighted by molar-refractivity contribution is 7.20. The lowest BCUT2D eigenvalue weighted by Crippen LogP contribution is -2.42. The quantitative estimate of drug-likeness (QED) is 0.350. The zero-order valence-corrected chi connectivity index (χ0v) is 12.2. The number of hydrogen-bond acceptors (Lipinski definition) is 4. The molecular weight excluding hydrogens is 274 g/mol. The van der Waals surface area contributed by atoms with E-state index in [0.717, 1.165) is 10.1 Å². The van der Waals surface area contributed by atoms with Gasteiger partial charge in [-0.1, -0.05) is 37.2 Å². The summed E-state index contributed by atoms with van der Waals surface area (Å²) in [7, 11) is 0. The summed E-state index contributed by atoms with van der Waals surface area (Å²) in [6, 6.07) is 9.71. The topological polar surface area (TPSA) is 87.7 Å². The van der Waals surface area contributed by atoms with Crippen molar-refractivity contribution in [1.82, 2.24) is 5.32 Å². The molecule has 1 aromatic heterocycles. The highest BCUT2D eigenvalue weighted by Crippen LogP contribution is 2.25. The van der Waals surface area contributed by atoms with Gasteiger partial charge in [0.25, 0.3) is 5.91 Å². The molecule has 1 amide bonds. The van der Waals surface area contributed by atoms with Crippen LogP contribution in [0, 0.1) is 5.41 Å². The van der Waals surface area contributed by atoms with Crippen LogP contribution in [0.25, 0.3) is 10.1 Å². The van der Waals surface area contributed by atoms with E-state index in [1.54, 1.807) is 13.8 Å². The lowest BCUT2D eigenvalue weighted by Gasteiger charge is -2.22. The lowest BCUT2D eigenvalue weighted by atomic mass is 9.92. The van der Waals surface area contributed by atoms with Crippen LogP contribution in [0.3, 0.4) is 0 Å². The summed E-state index contributed by atoms with van der Waals surface area (Å²) in [4.78, 5) is 12.8.